The van der Waals surface area contributed by atoms with Crippen molar-refractivity contribution >= 4 is 23.5 Å². The molecule has 0 amide bonds. The van der Waals surface area contributed by atoms with Crippen LogP contribution in [-0.4, -0.2) is 4.98 Å². The van der Waals surface area contributed by atoms with Crippen molar-refractivity contribution in [2.45, 2.75) is 0 Å². The Balaban J connectivity index is 1.89. The predicted octanol–water partition coefficient (Wildman–Crippen LogP) is 5.26. The first kappa shape index (κ1) is 13.6. The number of nitrogens with zero attached hydrogens (tertiary/aromatic N) is 1. The molecule has 3 aromatic rings. The Kier molecular flexibility index (Phi) is 3.88. The van der Waals surface area contributed by atoms with E-state index in [2.05, 4.69) is 4.98 Å². The molecule has 0 aliphatic carbocycles. The van der Waals surface area contributed by atoms with Gasteiger partial charge in [-0.25, -0.2) is 13.8 Å². The monoisotopic (exact) mass is 299 g/mol. The van der Waals surface area contributed by atoms with Crippen LogP contribution in [0.5, 0.6) is 0 Å². The van der Waals surface area contributed by atoms with Crippen molar-refractivity contribution in [1.29, 1.82) is 0 Å². The third-order valence-corrected chi connectivity index (χ3v) is 3.77. The van der Waals surface area contributed by atoms with Crippen LogP contribution in [0.1, 0.15) is 10.6 Å². The first-order chi connectivity index (χ1) is 10.2. The summed E-state index contributed by atoms with van der Waals surface area (Å²) in [6.07, 6.45) is 3.75. The summed E-state index contributed by atoms with van der Waals surface area (Å²) in [4.78, 5) is 4.27. The van der Waals surface area contributed by atoms with Crippen LogP contribution in [0.3, 0.4) is 0 Å². The molecule has 0 bridgehead atoms. The molecule has 3 rings (SSSR count). The number of rotatable bonds is 3. The molecule has 0 fully saturated rings. The summed E-state index contributed by atoms with van der Waals surface area (Å²) in [6, 6.07) is 13.6. The standard InChI is InChI=1S/C17H11F2NS/c18-13-7-4-8-14(19)17(13)15-11-21-16(20-15)10-9-12-5-2-1-3-6-12/h1-11H/b10-9+. The summed E-state index contributed by atoms with van der Waals surface area (Å²) < 4.78 is 27.4. The molecule has 0 atom stereocenters. The molecule has 0 aliphatic heterocycles. The fraction of sp³-hybridized carbons (Fsp3) is 0. The summed E-state index contributed by atoms with van der Waals surface area (Å²) in [6.45, 7) is 0. The highest BCUT2D eigenvalue weighted by Gasteiger charge is 2.13. The lowest BCUT2D eigenvalue weighted by atomic mass is 10.1. The predicted molar refractivity (Wildman–Crippen MR) is 82.8 cm³/mol. The van der Waals surface area contributed by atoms with E-state index in [1.54, 1.807) is 5.38 Å². The molecule has 1 nitrogen and oxygen atoms in total. The van der Waals surface area contributed by atoms with E-state index in [9.17, 15) is 8.78 Å². The van der Waals surface area contributed by atoms with Gasteiger partial charge in [-0.05, 0) is 23.8 Å². The Morgan fingerprint density at radius 1 is 0.857 bits per heavy atom. The molecule has 0 radical (unpaired) electrons. The smallest absolute Gasteiger partial charge is 0.135 e. The van der Waals surface area contributed by atoms with E-state index in [4.69, 9.17) is 0 Å². The topological polar surface area (TPSA) is 12.9 Å². The van der Waals surface area contributed by atoms with Gasteiger partial charge in [0.1, 0.15) is 16.6 Å². The van der Waals surface area contributed by atoms with Gasteiger partial charge in [0.15, 0.2) is 0 Å². The number of thiazole rings is 1. The van der Waals surface area contributed by atoms with Crippen molar-refractivity contribution in [1.82, 2.24) is 4.98 Å². The van der Waals surface area contributed by atoms with Crippen molar-refractivity contribution in [3.8, 4) is 11.3 Å². The Bertz CT molecular complexity index is 758. The molecule has 0 spiro atoms. The van der Waals surface area contributed by atoms with Gasteiger partial charge < -0.3 is 0 Å². The lowest BCUT2D eigenvalue weighted by Gasteiger charge is -2.00. The van der Waals surface area contributed by atoms with E-state index >= 15 is 0 Å². The van der Waals surface area contributed by atoms with Crippen LogP contribution < -0.4 is 0 Å². The second-order valence-corrected chi connectivity index (χ2v) is 5.30. The average Bonchev–Trinajstić information content (AvgIpc) is 2.95. The number of halogens is 2. The van der Waals surface area contributed by atoms with Gasteiger partial charge in [0, 0.05) is 5.38 Å². The fourth-order valence-corrected chi connectivity index (χ4v) is 2.65. The summed E-state index contributed by atoms with van der Waals surface area (Å²) >= 11 is 1.35. The van der Waals surface area contributed by atoms with Crippen LogP contribution in [0.25, 0.3) is 23.4 Å². The minimum Gasteiger partial charge on any atom is -0.236 e. The second kappa shape index (κ2) is 5.97. The maximum Gasteiger partial charge on any atom is 0.135 e. The maximum absolute atomic E-state index is 13.7. The summed E-state index contributed by atoms with van der Waals surface area (Å²) in [7, 11) is 0. The number of hydrogen-bond donors (Lipinski definition) is 0. The Hall–Kier alpha value is -2.33. The van der Waals surface area contributed by atoms with Crippen LogP contribution >= 0.6 is 11.3 Å². The van der Waals surface area contributed by atoms with E-state index in [1.165, 1.54) is 29.5 Å². The first-order valence-electron chi connectivity index (χ1n) is 6.37. The average molecular weight is 299 g/mol. The van der Waals surface area contributed by atoms with Gasteiger partial charge in [0.2, 0.25) is 0 Å². The molecule has 2 aromatic carbocycles. The zero-order valence-corrected chi connectivity index (χ0v) is 11.8. The van der Waals surface area contributed by atoms with Crippen LogP contribution in [0, 0.1) is 11.6 Å². The Morgan fingerprint density at radius 2 is 1.57 bits per heavy atom. The minimum absolute atomic E-state index is 0.0758. The van der Waals surface area contributed by atoms with Gasteiger partial charge in [-0.1, -0.05) is 42.5 Å². The molecule has 104 valence electrons. The molecule has 4 heteroatoms. The molecular formula is C17H11F2NS. The van der Waals surface area contributed by atoms with Gasteiger partial charge in [-0.3, -0.25) is 0 Å². The zero-order valence-electron chi connectivity index (χ0n) is 11.0. The summed E-state index contributed by atoms with van der Waals surface area (Å²) in [5.74, 6) is -1.20. The lowest BCUT2D eigenvalue weighted by Crippen LogP contribution is -1.89. The Morgan fingerprint density at radius 3 is 2.29 bits per heavy atom. The van der Waals surface area contributed by atoms with Crippen LogP contribution in [0.4, 0.5) is 8.78 Å². The molecule has 21 heavy (non-hydrogen) atoms. The lowest BCUT2D eigenvalue weighted by molar-refractivity contribution is 0.589. The van der Waals surface area contributed by atoms with Gasteiger partial charge in [-0.2, -0.15) is 0 Å². The van der Waals surface area contributed by atoms with E-state index in [0.717, 1.165) is 5.56 Å². The molecule has 0 N–H and O–H groups in total. The van der Waals surface area contributed by atoms with Crippen molar-refractivity contribution in [2.24, 2.45) is 0 Å². The summed E-state index contributed by atoms with van der Waals surface area (Å²) in [5.41, 5.74) is 1.29. The van der Waals surface area contributed by atoms with Crippen molar-refractivity contribution in [2.75, 3.05) is 0 Å². The van der Waals surface area contributed by atoms with Crippen LogP contribution in [-0.2, 0) is 0 Å². The fourth-order valence-electron chi connectivity index (χ4n) is 1.95. The molecular weight excluding hydrogens is 288 g/mol. The highest BCUT2D eigenvalue weighted by Crippen LogP contribution is 2.27. The Labute approximate surface area is 125 Å². The highest BCUT2D eigenvalue weighted by molar-refractivity contribution is 7.10. The highest BCUT2D eigenvalue weighted by atomic mass is 32.1. The number of benzene rings is 2. The van der Waals surface area contributed by atoms with Crippen LogP contribution in [0.15, 0.2) is 53.9 Å². The van der Waals surface area contributed by atoms with E-state index < -0.39 is 11.6 Å². The molecule has 1 aromatic heterocycles. The maximum atomic E-state index is 13.7. The van der Waals surface area contributed by atoms with Gasteiger partial charge >= 0.3 is 0 Å². The molecule has 0 saturated heterocycles. The molecule has 1 heterocycles. The number of aromatic nitrogens is 1. The van der Waals surface area contributed by atoms with E-state index in [-0.39, 0.29) is 5.56 Å². The largest absolute Gasteiger partial charge is 0.236 e. The SMILES string of the molecule is Fc1cccc(F)c1-c1csc(/C=C/c2ccccc2)n1. The van der Waals surface area contributed by atoms with Crippen molar-refractivity contribution in [3.63, 3.8) is 0 Å². The summed E-state index contributed by atoms with van der Waals surface area (Å²) in [5, 5.41) is 2.36. The molecule has 0 saturated carbocycles. The molecule has 0 aliphatic rings. The third kappa shape index (κ3) is 3.06. The first-order valence-corrected chi connectivity index (χ1v) is 7.25. The van der Waals surface area contributed by atoms with Gasteiger partial charge in [-0.15, -0.1) is 11.3 Å². The normalized spacial score (nSPS) is 11.1. The van der Waals surface area contributed by atoms with E-state index in [1.807, 2.05) is 42.5 Å². The molecule has 0 unspecified atom stereocenters. The third-order valence-electron chi connectivity index (χ3n) is 2.96. The van der Waals surface area contributed by atoms with Crippen LogP contribution in [0.2, 0.25) is 0 Å². The second-order valence-electron chi connectivity index (χ2n) is 4.41. The number of hydrogen-bond acceptors (Lipinski definition) is 2. The zero-order chi connectivity index (χ0) is 14.7. The quantitative estimate of drug-likeness (QED) is 0.643. The van der Waals surface area contributed by atoms with Crippen molar-refractivity contribution < 1.29 is 8.78 Å². The van der Waals surface area contributed by atoms with E-state index in [0.29, 0.717) is 10.7 Å². The van der Waals surface area contributed by atoms with Gasteiger partial charge in [0.25, 0.3) is 0 Å². The minimum atomic E-state index is -0.598. The van der Waals surface area contributed by atoms with Gasteiger partial charge in [0.05, 0.1) is 11.3 Å². The van der Waals surface area contributed by atoms with Crippen molar-refractivity contribution in [3.05, 3.63) is 76.1 Å².